The molecule has 556 valence electrons. The number of sulfone groups is 1. The van der Waals surface area contributed by atoms with E-state index in [1.807, 2.05) is 43.0 Å². The second kappa shape index (κ2) is 42.1. The lowest BCUT2D eigenvalue weighted by Gasteiger charge is -2.35. The van der Waals surface area contributed by atoms with Crippen LogP contribution >= 0.6 is 88.1 Å². The van der Waals surface area contributed by atoms with Crippen molar-refractivity contribution in [3.8, 4) is 0 Å². The molecule has 5 aliphatic heterocycles. The Hall–Kier alpha value is -1.60. The van der Waals surface area contributed by atoms with E-state index in [9.17, 15) is 22.8 Å². The van der Waals surface area contributed by atoms with Crippen molar-refractivity contribution in [1.82, 2.24) is 0 Å². The molecule has 5 spiro atoms. The number of thiol groups is 1. The number of hydrogen-bond donors (Lipinski definition) is 2. The van der Waals surface area contributed by atoms with E-state index in [2.05, 4.69) is 101 Å². The van der Waals surface area contributed by atoms with E-state index in [4.69, 9.17) is 61.9 Å². The fourth-order valence-corrected chi connectivity index (χ4v) is 18.7. The minimum absolute atomic E-state index is 0.0253. The minimum atomic E-state index is -3.21. The molecular formula is C74H106Br4O18S3. The fraction of sp³-hybridized carbons (Fsp3) is 0.716. The highest BCUT2D eigenvalue weighted by Crippen LogP contribution is 2.44. The first-order valence-corrected chi connectivity index (χ1v) is 42.5. The predicted octanol–water partition coefficient (Wildman–Crippen LogP) is 16.4. The molecule has 0 aromatic heterocycles. The summed E-state index contributed by atoms with van der Waals surface area (Å²) in [7, 11) is -3.21. The van der Waals surface area contributed by atoms with Crippen molar-refractivity contribution < 1.29 is 84.8 Å². The monoisotopic (exact) mass is 1690 g/mol. The number of alkyl halides is 1. The molecule has 3 aromatic carbocycles. The van der Waals surface area contributed by atoms with E-state index >= 15 is 0 Å². The number of thioether (sulfide) groups is 1. The van der Waals surface area contributed by atoms with Crippen LogP contribution < -0.4 is 0 Å². The van der Waals surface area contributed by atoms with Crippen LogP contribution in [0.1, 0.15) is 168 Å². The Morgan fingerprint density at radius 1 is 0.475 bits per heavy atom. The predicted molar refractivity (Wildman–Crippen MR) is 397 cm³/mol. The maximum Gasteiger partial charge on any atom is 0.308 e. The summed E-state index contributed by atoms with van der Waals surface area (Å²) in [6.07, 6.45) is 22.2. The highest BCUT2D eigenvalue weighted by atomic mass is 79.9. The van der Waals surface area contributed by atoms with Gasteiger partial charge >= 0.3 is 11.9 Å². The second-order valence-electron chi connectivity index (χ2n) is 27.2. The largest absolute Gasteiger partial charge is 0.466 e. The Bertz CT molecular complexity index is 2860. The number of aliphatic hydroxyl groups excluding tert-OH is 1. The molecule has 5 heterocycles. The molecule has 3 aromatic rings. The lowest BCUT2D eigenvalue weighted by Crippen LogP contribution is -2.37. The number of rotatable bonds is 12. The summed E-state index contributed by atoms with van der Waals surface area (Å²) in [5.41, 5.74) is 0. The molecule has 6 aliphatic carbocycles. The Morgan fingerprint density at radius 2 is 0.788 bits per heavy atom. The van der Waals surface area contributed by atoms with Crippen LogP contribution in [-0.2, 0) is 81.1 Å². The van der Waals surface area contributed by atoms with Crippen LogP contribution in [-0.4, -0.2) is 163 Å². The molecule has 0 bridgehead atoms. The van der Waals surface area contributed by atoms with Gasteiger partial charge in [-0.15, -0.1) is 24.4 Å². The lowest BCUT2D eigenvalue weighted by molar-refractivity contribution is -0.187. The van der Waals surface area contributed by atoms with Crippen molar-refractivity contribution in [2.24, 2.45) is 35.5 Å². The zero-order valence-electron chi connectivity index (χ0n) is 57.8. The Kier molecular flexibility index (Phi) is 35.3. The van der Waals surface area contributed by atoms with Gasteiger partial charge in [0, 0.05) is 118 Å². The fourth-order valence-electron chi connectivity index (χ4n) is 14.3. The van der Waals surface area contributed by atoms with Gasteiger partial charge in [-0.3, -0.25) is 14.4 Å². The highest BCUT2D eigenvalue weighted by molar-refractivity contribution is 9.11. The summed E-state index contributed by atoms with van der Waals surface area (Å²) in [6.45, 7) is 12.1. The quantitative estimate of drug-likeness (QED) is 0.0746. The smallest absolute Gasteiger partial charge is 0.308 e. The van der Waals surface area contributed by atoms with Gasteiger partial charge in [-0.25, -0.2) is 8.42 Å². The molecule has 0 unspecified atom stereocenters. The third kappa shape index (κ3) is 27.3. The van der Waals surface area contributed by atoms with Gasteiger partial charge < -0.3 is 61.9 Å². The van der Waals surface area contributed by atoms with Crippen LogP contribution in [0.25, 0.3) is 0 Å². The Balaban J connectivity index is 0.000000150. The maximum absolute atomic E-state index is 12.4. The van der Waals surface area contributed by atoms with Crippen LogP contribution in [0, 0.1) is 35.5 Å². The zero-order chi connectivity index (χ0) is 70.6. The Labute approximate surface area is 631 Å². The minimum Gasteiger partial charge on any atom is -0.466 e. The van der Waals surface area contributed by atoms with Crippen molar-refractivity contribution >= 4 is 116 Å². The molecule has 11 fully saturated rings. The molecule has 5 saturated heterocycles. The second-order valence-corrected chi connectivity index (χ2v) is 34.3. The lowest BCUT2D eigenvalue weighted by atomic mass is 9.85. The molecule has 18 nitrogen and oxygen atoms in total. The number of ketones is 1. The first-order valence-electron chi connectivity index (χ1n) is 35.9. The van der Waals surface area contributed by atoms with Gasteiger partial charge in [-0.2, -0.15) is 0 Å². The molecule has 0 amide bonds. The van der Waals surface area contributed by atoms with Crippen molar-refractivity contribution in [2.75, 3.05) is 103 Å². The van der Waals surface area contributed by atoms with Crippen LogP contribution in [0.15, 0.2) is 101 Å². The normalized spacial score (nSPS) is 25.6. The summed E-state index contributed by atoms with van der Waals surface area (Å²) in [5.74, 6) is 2.39. The summed E-state index contributed by atoms with van der Waals surface area (Å²) < 4.78 is 94.4. The number of carbonyl (C=O) groups excluding carboxylic acids is 3. The summed E-state index contributed by atoms with van der Waals surface area (Å²) in [6, 6.07) is 23.2. The van der Waals surface area contributed by atoms with E-state index in [-0.39, 0.29) is 64.4 Å². The number of hydrogen-bond acceptors (Lipinski definition) is 20. The van der Waals surface area contributed by atoms with Crippen LogP contribution in [0.5, 0.6) is 0 Å². The number of carbonyl (C=O) groups is 3. The number of Topliss-reactive ketones (excluding diaryl/α,β-unsaturated/α-hetero) is 1. The standard InChI is InChI=1S/C15H19BrO4S.C15H19BrO2S.C11H18O4.C9H15BrO2.C9H16O3.C9H14O3.C6H5BrS/c16-13-1-3-14(4-2-13)21(17,18)11-12-5-7-15(8-6-12)19-9-10-20-15;16-13-1-3-14(4-2-13)19-11-12-5-7-15(8-6-12)17-9-10-18-15;1-2-13-10(12)9-3-5-11(6-4-9)14-7-8-15-11;2*10-7-8-1-3-9(4-2-8)11-5-6-12-9;1-2-12-9(11)7-3-5-8(10)6-4-7;7-5-1-3-6(8)4-2-5/h1-4,12H,5-11H2;1-4,12H,5-11H2;9H,2-8H2,1H3;8H,1-7H2;8,10H,1-7H2;7H,2-6H2,1H3;1-4,8H. The number of halogens is 4. The number of aliphatic hydroxyl groups is 1. The highest BCUT2D eigenvalue weighted by Gasteiger charge is 2.45. The van der Waals surface area contributed by atoms with Crippen molar-refractivity contribution in [2.45, 2.75) is 212 Å². The SMILES string of the molecule is BrCC1CCC2(CC1)OCCO2.Brc1ccc(SCC2CCC3(CC2)OCCO3)cc1.CCOC(=O)C1CCC(=O)CC1.CCOC(=O)C1CCC2(CC1)OCCO2.O=S(=O)(CC1CCC2(CC1)OCCO2)c1ccc(Br)cc1.OCC1CCC2(CC1)OCCO2.Sc1ccc(Br)cc1. The van der Waals surface area contributed by atoms with E-state index in [0.717, 1.165) is 178 Å². The van der Waals surface area contributed by atoms with Crippen LogP contribution in [0.2, 0.25) is 0 Å². The third-order valence-corrected chi connectivity index (χ3v) is 26.2. The van der Waals surface area contributed by atoms with Crippen LogP contribution in [0.3, 0.4) is 0 Å². The summed E-state index contributed by atoms with van der Waals surface area (Å²) >= 11 is 19.7. The average Bonchev–Trinajstić information content (AvgIpc) is 1.78. The van der Waals surface area contributed by atoms with Crippen LogP contribution in [0.4, 0.5) is 0 Å². The number of benzene rings is 3. The van der Waals surface area contributed by atoms with Crippen molar-refractivity contribution in [3.05, 3.63) is 86.2 Å². The zero-order valence-corrected chi connectivity index (χ0v) is 66.7. The third-order valence-electron chi connectivity index (χ3n) is 20.3. The van der Waals surface area contributed by atoms with Gasteiger partial charge in [-0.05, 0) is 187 Å². The molecule has 0 radical (unpaired) electrons. The summed E-state index contributed by atoms with van der Waals surface area (Å²) in [4.78, 5) is 36.3. The number of ether oxygens (including phenoxy) is 12. The molecule has 11 aliphatic rings. The van der Waals surface area contributed by atoms with Gasteiger partial charge in [0.15, 0.2) is 38.8 Å². The number of esters is 2. The maximum atomic E-state index is 12.4. The molecular weight excluding hydrogens is 1590 g/mol. The van der Waals surface area contributed by atoms with E-state index < -0.39 is 15.6 Å². The van der Waals surface area contributed by atoms with Gasteiger partial charge in [0.2, 0.25) is 0 Å². The molecule has 14 rings (SSSR count). The van der Waals surface area contributed by atoms with Crippen molar-refractivity contribution in [1.29, 1.82) is 0 Å². The van der Waals surface area contributed by atoms with E-state index in [0.29, 0.717) is 82.7 Å². The first-order chi connectivity index (χ1) is 47.7. The van der Waals surface area contributed by atoms with Crippen molar-refractivity contribution in [3.63, 3.8) is 0 Å². The first kappa shape index (κ1) is 83.0. The molecule has 99 heavy (non-hydrogen) atoms. The molecule has 0 atom stereocenters. The Morgan fingerprint density at radius 3 is 1.13 bits per heavy atom. The molecule has 1 N–H and O–H groups in total. The van der Waals surface area contributed by atoms with Gasteiger partial charge in [0.25, 0.3) is 0 Å². The topological polar surface area (TPSA) is 216 Å². The van der Waals surface area contributed by atoms with Gasteiger partial charge in [0.1, 0.15) is 5.78 Å². The molecule has 6 saturated carbocycles. The van der Waals surface area contributed by atoms with E-state index in [1.54, 1.807) is 31.2 Å². The average molecular weight is 1700 g/mol. The molecule has 25 heteroatoms. The van der Waals surface area contributed by atoms with Gasteiger partial charge in [-0.1, -0.05) is 63.7 Å². The summed E-state index contributed by atoms with van der Waals surface area (Å²) in [5, 5.41) is 10.1. The van der Waals surface area contributed by atoms with Gasteiger partial charge in [0.05, 0.1) is 102 Å². The van der Waals surface area contributed by atoms with E-state index in [1.165, 1.54) is 36.3 Å².